The zero-order valence-electron chi connectivity index (χ0n) is 13.1. The molecule has 130 valence electrons. The summed E-state index contributed by atoms with van der Waals surface area (Å²) in [6.45, 7) is 0.200. The first kappa shape index (κ1) is 17.8. The molecule has 0 spiro atoms. The maximum Gasteiger partial charge on any atom is 0.337 e. The van der Waals surface area contributed by atoms with Crippen LogP contribution >= 0.6 is 27.5 Å². The van der Waals surface area contributed by atoms with E-state index in [-0.39, 0.29) is 24.0 Å². The Hall–Kier alpha value is -2.05. The van der Waals surface area contributed by atoms with Crippen molar-refractivity contribution < 1.29 is 19.4 Å². The lowest BCUT2D eigenvalue weighted by Crippen LogP contribution is -2.16. The summed E-state index contributed by atoms with van der Waals surface area (Å²) in [5.41, 5.74) is 1.04. The number of amides is 1. The van der Waals surface area contributed by atoms with E-state index in [4.69, 9.17) is 16.3 Å². The van der Waals surface area contributed by atoms with Crippen molar-refractivity contribution in [1.82, 2.24) is 0 Å². The van der Waals surface area contributed by atoms with Crippen LogP contribution < -0.4 is 10.1 Å². The monoisotopic (exact) mass is 423 g/mol. The molecule has 1 aliphatic carbocycles. The highest BCUT2D eigenvalue weighted by Crippen LogP contribution is 2.31. The average molecular weight is 425 g/mol. The number of aromatic carboxylic acids is 1. The third kappa shape index (κ3) is 4.52. The van der Waals surface area contributed by atoms with Gasteiger partial charge in [-0.1, -0.05) is 17.7 Å². The highest BCUT2D eigenvalue weighted by Gasteiger charge is 2.30. The predicted molar refractivity (Wildman–Crippen MR) is 98.2 cm³/mol. The van der Waals surface area contributed by atoms with Gasteiger partial charge in [-0.15, -0.1) is 0 Å². The molecule has 0 bridgehead atoms. The lowest BCUT2D eigenvalue weighted by Gasteiger charge is -2.11. The first-order valence-corrected chi connectivity index (χ1v) is 8.86. The molecule has 2 aromatic rings. The third-order valence-electron chi connectivity index (χ3n) is 3.82. The molecule has 2 N–H and O–H groups in total. The molecule has 0 heterocycles. The fourth-order valence-corrected chi connectivity index (χ4v) is 2.76. The number of hydrogen-bond donors (Lipinski definition) is 2. The minimum atomic E-state index is -1.10. The highest BCUT2D eigenvalue weighted by atomic mass is 79.9. The Kier molecular flexibility index (Phi) is 5.30. The fraction of sp³-hybridized carbons (Fsp3) is 0.222. The summed E-state index contributed by atoms with van der Waals surface area (Å²) in [6.07, 6.45) is 1.72. The number of carboxylic acid groups (broad SMARTS) is 1. The lowest BCUT2D eigenvalue weighted by molar-refractivity contribution is -0.117. The minimum absolute atomic E-state index is 0.00741. The van der Waals surface area contributed by atoms with Crippen molar-refractivity contribution >= 4 is 45.1 Å². The van der Waals surface area contributed by atoms with E-state index in [9.17, 15) is 14.7 Å². The number of halogens is 2. The first-order chi connectivity index (χ1) is 11.9. The number of carbonyl (C=O) groups is 2. The summed E-state index contributed by atoms with van der Waals surface area (Å²) >= 11 is 9.26. The zero-order chi connectivity index (χ0) is 18.0. The topological polar surface area (TPSA) is 75.6 Å². The maximum absolute atomic E-state index is 11.9. The Morgan fingerprint density at radius 2 is 2.00 bits per heavy atom. The van der Waals surface area contributed by atoms with Crippen LogP contribution in [0.15, 0.2) is 40.9 Å². The summed E-state index contributed by atoms with van der Waals surface area (Å²) < 4.78 is 6.38. The second-order valence-corrected chi connectivity index (χ2v) is 7.07. The molecule has 1 saturated carbocycles. The molecule has 1 fully saturated rings. The zero-order valence-corrected chi connectivity index (χ0v) is 15.4. The maximum atomic E-state index is 11.9. The Balaban J connectivity index is 1.73. The number of carbonyl (C=O) groups excluding carboxylic acids is 1. The van der Waals surface area contributed by atoms with Crippen molar-refractivity contribution in [3.8, 4) is 5.75 Å². The van der Waals surface area contributed by atoms with E-state index in [0.29, 0.717) is 22.0 Å². The molecule has 0 radical (unpaired) electrons. The van der Waals surface area contributed by atoms with Gasteiger partial charge in [0, 0.05) is 10.4 Å². The van der Waals surface area contributed by atoms with E-state index < -0.39 is 5.97 Å². The van der Waals surface area contributed by atoms with E-state index in [1.54, 1.807) is 30.3 Å². The van der Waals surface area contributed by atoms with Gasteiger partial charge < -0.3 is 15.2 Å². The molecule has 1 aliphatic rings. The van der Waals surface area contributed by atoms with Gasteiger partial charge in [-0.3, -0.25) is 4.79 Å². The summed E-state index contributed by atoms with van der Waals surface area (Å²) in [4.78, 5) is 23.3. The molecule has 0 unspecified atom stereocenters. The fourth-order valence-electron chi connectivity index (χ4n) is 2.28. The van der Waals surface area contributed by atoms with E-state index in [1.807, 2.05) is 0 Å². The Labute approximate surface area is 158 Å². The average Bonchev–Trinajstić information content (AvgIpc) is 3.41. The first-order valence-electron chi connectivity index (χ1n) is 7.69. The van der Waals surface area contributed by atoms with E-state index in [0.717, 1.165) is 17.3 Å². The minimum Gasteiger partial charge on any atom is -0.489 e. The van der Waals surface area contributed by atoms with Gasteiger partial charge >= 0.3 is 5.97 Å². The van der Waals surface area contributed by atoms with Crippen LogP contribution in [-0.2, 0) is 11.4 Å². The Bertz CT molecular complexity index is 836. The molecular formula is C18H15BrClNO4. The molecule has 0 aromatic heterocycles. The van der Waals surface area contributed by atoms with Crippen molar-refractivity contribution in [3.05, 3.63) is 57.0 Å². The van der Waals surface area contributed by atoms with E-state index in [1.165, 1.54) is 6.07 Å². The third-order valence-corrected chi connectivity index (χ3v) is 5.03. The molecular weight excluding hydrogens is 410 g/mol. The number of carboxylic acids is 1. The van der Waals surface area contributed by atoms with Gasteiger partial charge in [-0.05, 0) is 64.7 Å². The summed E-state index contributed by atoms with van der Waals surface area (Å²) in [6, 6.07) is 10.0. The summed E-state index contributed by atoms with van der Waals surface area (Å²) in [5.74, 6) is -0.605. The van der Waals surface area contributed by atoms with Gasteiger partial charge in [0.2, 0.25) is 5.91 Å². The van der Waals surface area contributed by atoms with Crippen molar-refractivity contribution in [2.45, 2.75) is 19.4 Å². The number of nitrogens with one attached hydrogen (secondary N) is 1. The van der Waals surface area contributed by atoms with Crippen LogP contribution in [0.5, 0.6) is 5.75 Å². The van der Waals surface area contributed by atoms with Crippen molar-refractivity contribution in [1.29, 1.82) is 0 Å². The van der Waals surface area contributed by atoms with Crippen LogP contribution in [0.2, 0.25) is 5.02 Å². The van der Waals surface area contributed by atoms with Gasteiger partial charge in [0.15, 0.2) is 0 Å². The van der Waals surface area contributed by atoms with Crippen LogP contribution in [0.3, 0.4) is 0 Å². The predicted octanol–water partition coefficient (Wildman–Crippen LogP) is 4.73. The van der Waals surface area contributed by atoms with Gasteiger partial charge in [0.25, 0.3) is 0 Å². The van der Waals surface area contributed by atoms with Crippen molar-refractivity contribution in [2.75, 3.05) is 5.32 Å². The van der Waals surface area contributed by atoms with Gasteiger partial charge in [-0.25, -0.2) is 4.79 Å². The molecule has 0 atom stereocenters. The van der Waals surface area contributed by atoms with Crippen LogP contribution in [0.1, 0.15) is 28.8 Å². The molecule has 7 heteroatoms. The highest BCUT2D eigenvalue weighted by molar-refractivity contribution is 9.10. The molecule has 0 saturated heterocycles. The Morgan fingerprint density at radius 3 is 2.64 bits per heavy atom. The van der Waals surface area contributed by atoms with Crippen molar-refractivity contribution in [3.63, 3.8) is 0 Å². The number of ether oxygens (including phenoxy) is 1. The van der Waals surface area contributed by atoms with E-state index in [2.05, 4.69) is 21.2 Å². The standard InChI is InChI=1S/C18H15BrClNO4/c19-14-8-12(4-5-15(14)20)25-9-10-1-6-16(13(7-10)18(23)24)21-17(22)11-2-3-11/h1,4-8,11H,2-3,9H2,(H,21,22)(H,23,24). The van der Waals surface area contributed by atoms with E-state index >= 15 is 0 Å². The largest absolute Gasteiger partial charge is 0.489 e. The molecule has 2 aromatic carbocycles. The molecule has 3 rings (SSSR count). The van der Waals surface area contributed by atoms with Gasteiger partial charge in [0.05, 0.1) is 16.3 Å². The second-order valence-electron chi connectivity index (χ2n) is 5.81. The smallest absolute Gasteiger partial charge is 0.337 e. The SMILES string of the molecule is O=C(O)c1cc(COc2ccc(Cl)c(Br)c2)ccc1NC(=O)C1CC1. The molecule has 5 nitrogen and oxygen atoms in total. The van der Waals surface area contributed by atoms with Crippen LogP contribution in [-0.4, -0.2) is 17.0 Å². The second kappa shape index (κ2) is 7.45. The van der Waals surface area contributed by atoms with Crippen LogP contribution in [0, 0.1) is 5.92 Å². The number of anilines is 1. The van der Waals surface area contributed by atoms with Crippen LogP contribution in [0.4, 0.5) is 5.69 Å². The number of rotatable bonds is 6. The Morgan fingerprint density at radius 1 is 1.24 bits per heavy atom. The normalized spacial score (nSPS) is 13.4. The van der Waals surface area contributed by atoms with Gasteiger partial charge in [0.1, 0.15) is 12.4 Å². The van der Waals surface area contributed by atoms with Crippen LogP contribution in [0.25, 0.3) is 0 Å². The molecule has 1 amide bonds. The van der Waals surface area contributed by atoms with Gasteiger partial charge in [-0.2, -0.15) is 0 Å². The van der Waals surface area contributed by atoms with Crippen molar-refractivity contribution in [2.24, 2.45) is 5.92 Å². The molecule has 25 heavy (non-hydrogen) atoms. The summed E-state index contributed by atoms with van der Waals surface area (Å²) in [7, 11) is 0. The number of hydrogen-bond acceptors (Lipinski definition) is 3. The lowest BCUT2D eigenvalue weighted by atomic mass is 10.1. The quantitative estimate of drug-likeness (QED) is 0.703. The summed E-state index contributed by atoms with van der Waals surface area (Å²) in [5, 5.41) is 12.7. The molecule has 0 aliphatic heterocycles. The number of benzene rings is 2.